The molecule has 36 heavy (non-hydrogen) atoms. The van der Waals surface area contributed by atoms with E-state index >= 15 is 4.39 Å². The predicted molar refractivity (Wildman–Crippen MR) is 128 cm³/mol. The van der Waals surface area contributed by atoms with Crippen LogP contribution in [0.5, 0.6) is 5.75 Å². The monoisotopic (exact) mass is 520 g/mol. The second kappa shape index (κ2) is 10.3. The van der Waals surface area contributed by atoms with E-state index in [-0.39, 0.29) is 28.3 Å². The lowest BCUT2D eigenvalue weighted by Gasteiger charge is -2.25. The van der Waals surface area contributed by atoms with E-state index in [1.807, 2.05) is 0 Å². The Kier molecular flexibility index (Phi) is 7.36. The Labute approximate surface area is 205 Å². The van der Waals surface area contributed by atoms with Crippen LogP contribution in [0.2, 0.25) is 0 Å². The van der Waals surface area contributed by atoms with Gasteiger partial charge in [-0.2, -0.15) is 5.09 Å². The number of fused-ring (bicyclic) bond motifs is 1. The number of imidazole rings is 1. The molecule has 4 N–H and O–H groups in total. The lowest BCUT2D eigenvalue weighted by Crippen LogP contribution is -2.35. The second-order valence-electron chi connectivity index (χ2n) is 8.22. The maximum Gasteiger partial charge on any atom is 0.459 e. The van der Waals surface area contributed by atoms with Crippen molar-refractivity contribution in [2.45, 2.75) is 31.3 Å². The van der Waals surface area contributed by atoms with Gasteiger partial charge in [-0.15, -0.1) is 0 Å². The van der Waals surface area contributed by atoms with Crippen LogP contribution in [0.3, 0.4) is 0 Å². The topological polar surface area (TPSA) is 164 Å². The number of rotatable bonds is 9. The number of aliphatic hydroxyl groups excluding tert-OH is 1. The van der Waals surface area contributed by atoms with Gasteiger partial charge >= 0.3 is 13.7 Å². The lowest BCUT2D eigenvalue weighted by atomic mass is 10.0. The first-order valence-electron chi connectivity index (χ1n) is 10.9. The number of carbonyl (C=O) groups excluding carboxylic acids is 1. The van der Waals surface area contributed by atoms with Crippen LogP contribution in [-0.2, 0) is 18.6 Å². The van der Waals surface area contributed by atoms with Crippen LogP contribution in [0.1, 0.15) is 13.0 Å². The van der Waals surface area contributed by atoms with Crippen molar-refractivity contribution in [2.24, 2.45) is 5.92 Å². The van der Waals surface area contributed by atoms with Crippen LogP contribution in [0.4, 0.5) is 10.2 Å². The number of halogens is 1. The zero-order valence-corrected chi connectivity index (χ0v) is 20.4. The van der Waals surface area contributed by atoms with Crippen molar-refractivity contribution in [3.05, 3.63) is 55.1 Å². The summed E-state index contributed by atoms with van der Waals surface area (Å²) in [6, 6.07) is 6.08. The molecule has 0 amide bonds. The fraction of sp³-hybridized carbons (Fsp3) is 0.364. The Morgan fingerprint density at radius 1 is 1.33 bits per heavy atom. The van der Waals surface area contributed by atoms with Crippen molar-refractivity contribution in [1.82, 2.24) is 24.6 Å². The molecular weight excluding hydrogens is 494 g/mol. The number of hydrogen-bond donors (Lipinski definition) is 3. The molecule has 12 nitrogen and oxygen atoms in total. The highest BCUT2D eigenvalue weighted by molar-refractivity contribution is 7.52. The van der Waals surface area contributed by atoms with Gasteiger partial charge in [-0.3, -0.25) is 9.32 Å². The Balaban J connectivity index is 1.56. The van der Waals surface area contributed by atoms with Crippen molar-refractivity contribution in [3.8, 4) is 5.75 Å². The van der Waals surface area contributed by atoms with Gasteiger partial charge in [0.1, 0.15) is 23.6 Å². The molecule has 3 aromatic rings. The highest BCUT2D eigenvalue weighted by Gasteiger charge is 2.48. The van der Waals surface area contributed by atoms with Crippen LogP contribution in [0.15, 0.2) is 55.1 Å². The molecule has 1 aliphatic rings. The van der Waals surface area contributed by atoms with E-state index < -0.39 is 50.6 Å². The summed E-state index contributed by atoms with van der Waals surface area (Å²) in [5.74, 6) is -1.33. The number of alkyl halides is 1. The standard InChI is InChI=1S/C22H26FN6O6P/c1-12-15(19(30)16(23)18(12)29-11-27-17-20(24)25-10-26-21(17)29)9-34-36(32,28-13(2)22(31)33-3)35-14-7-5-4-6-8-14/h4-8,10-11,13,15-16,18-19,30H,1,9H2,2-3H3,(H,28,32)(H2,24,25,26)/t13-,15-,16-,18+,19+,36?/m0/s1. The number of hydrogen-bond acceptors (Lipinski definition) is 10. The number of methoxy groups -OCH3 is 1. The molecule has 14 heteroatoms. The number of carbonyl (C=O) groups is 1. The summed E-state index contributed by atoms with van der Waals surface area (Å²) in [7, 11) is -3.01. The molecule has 0 bridgehead atoms. The average Bonchev–Trinajstić information content (AvgIpc) is 3.37. The number of benzene rings is 1. The molecule has 2 aromatic heterocycles. The summed E-state index contributed by atoms with van der Waals surface area (Å²) in [4.78, 5) is 24.0. The fourth-order valence-electron chi connectivity index (χ4n) is 4.02. The van der Waals surface area contributed by atoms with Crippen LogP contribution in [0.25, 0.3) is 11.2 Å². The largest absolute Gasteiger partial charge is 0.468 e. The van der Waals surface area contributed by atoms with Gasteiger partial charge < -0.3 is 24.7 Å². The molecule has 6 atom stereocenters. The van der Waals surface area contributed by atoms with Gasteiger partial charge in [-0.05, 0) is 24.6 Å². The number of aromatic nitrogens is 4. The summed E-state index contributed by atoms with van der Waals surface area (Å²) in [6.07, 6.45) is -0.765. The Morgan fingerprint density at radius 3 is 2.75 bits per heavy atom. The quantitative estimate of drug-likeness (QED) is 0.215. The highest BCUT2D eigenvalue weighted by atomic mass is 31.2. The second-order valence-corrected chi connectivity index (χ2v) is 9.91. The van der Waals surface area contributed by atoms with Crippen LogP contribution in [0, 0.1) is 5.92 Å². The van der Waals surface area contributed by atoms with E-state index in [1.54, 1.807) is 30.3 Å². The minimum absolute atomic E-state index is 0.128. The van der Waals surface area contributed by atoms with Crippen molar-refractivity contribution >= 4 is 30.7 Å². The number of esters is 1. The Morgan fingerprint density at radius 2 is 2.06 bits per heavy atom. The summed E-state index contributed by atoms with van der Waals surface area (Å²) < 4.78 is 46.2. The van der Waals surface area contributed by atoms with Gasteiger partial charge in [0.25, 0.3) is 0 Å². The molecule has 0 saturated heterocycles. The molecule has 0 radical (unpaired) electrons. The number of anilines is 1. The zero-order valence-electron chi connectivity index (χ0n) is 19.5. The van der Waals surface area contributed by atoms with Crippen molar-refractivity contribution < 1.29 is 32.6 Å². The molecule has 4 rings (SSSR count). The third kappa shape index (κ3) is 4.96. The molecule has 2 heterocycles. The van der Waals surface area contributed by atoms with E-state index in [4.69, 9.17) is 14.8 Å². The first-order valence-corrected chi connectivity index (χ1v) is 12.5. The van der Waals surface area contributed by atoms with Crippen LogP contribution >= 0.6 is 7.75 Å². The number of nitrogens with zero attached hydrogens (tertiary/aromatic N) is 4. The number of nitrogen functional groups attached to an aromatic ring is 1. The van der Waals surface area contributed by atoms with E-state index in [0.717, 1.165) is 0 Å². The summed E-state index contributed by atoms with van der Waals surface area (Å²) in [5.41, 5.74) is 6.65. The number of ether oxygens (including phenoxy) is 1. The molecule has 1 unspecified atom stereocenters. The number of para-hydroxylation sites is 1. The van der Waals surface area contributed by atoms with Gasteiger partial charge in [0.05, 0.1) is 32.2 Å². The summed E-state index contributed by atoms with van der Waals surface area (Å²) >= 11 is 0. The molecule has 1 aromatic carbocycles. The lowest BCUT2D eigenvalue weighted by molar-refractivity contribution is -0.142. The maximum absolute atomic E-state index is 15.3. The molecule has 1 aliphatic carbocycles. The number of aliphatic hydroxyl groups is 1. The highest BCUT2D eigenvalue weighted by Crippen LogP contribution is 2.48. The Bertz CT molecular complexity index is 1310. The van der Waals surface area contributed by atoms with E-state index in [0.29, 0.717) is 0 Å². The minimum Gasteiger partial charge on any atom is -0.468 e. The molecule has 0 aliphatic heterocycles. The normalized spacial score (nSPS) is 24.4. The van der Waals surface area contributed by atoms with Gasteiger partial charge in [0.2, 0.25) is 0 Å². The van der Waals surface area contributed by atoms with Gasteiger partial charge in [-0.25, -0.2) is 23.9 Å². The van der Waals surface area contributed by atoms with E-state index in [1.165, 1.54) is 31.3 Å². The summed E-state index contributed by atoms with van der Waals surface area (Å²) in [6.45, 7) is 4.96. The van der Waals surface area contributed by atoms with E-state index in [9.17, 15) is 14.5 Å². The predicted octanol–water partition coefficient (Wildman–Crippen LogP) is 2.19. The van der Waals surface area contributed by atoms with Gasteiger partial charge in [0.15, 0.2) is 17.6 Å². The molecule has 192 valence electrons. The third-order valence-electron chi connectivity index (χ3n) is 5.88. The van der Waals surface area contributed by atoms with Crippen molar-refractivity contribution in [3.63, 3.8) is 0 Å². The summed E-state index contributed by atoms with van der Waals surface area (Å²) in [5, 5.41) is 13.2. The molecule has 1 saturated carbocycles. The first kappa shape index (κ1) is 25.7. The number of nitrogens with one attached hydrogen (secondary N) is 1. The SMILES string of the molecule is C=C1[C@@H](n2cnc3c(N)ncnc32)[C@H](F)[C@H](O)[C@H]1COP(=O)(N[C@@H](C)C(=O)OC)Oc1ccccc1. The molecular formula is C22H26FN6O6P. The van der Waals surface area contributed by atoms with E-state index in [2.05, 4.69) is 31.4 Å². The van der Waals surface area contributed by atoms with Crippen LogP contribution in [-0.4, -0.2) is 62.6 Å². The first-order chi connectivity index (χ1) is 17.1. The maximum atomic E-state index is 15.3. The van der Waals surface area contributed by atoms with Crippen molar-refractivity contribution in [2.75, 3.05) is 19.5 Å². The third-order valence-corrected chi connectivity index (χ3v) is 7.53. The smallest absolute Gasteiger partial charge is 0.459 e. The van der Waals surface area contributed by atoms with Crippen LogP contribution < -0.4 is 15.3 Å². The number of nitrogens with two attached hydrogens (primary N) is 1. The fourth-order valence-corrected chi connectivity index (χ4v) is 5.53. The Hall–Kier alpha value is -3.38. The van der Waals surface area contributed by atoms with Gasteiger partial charge in [0, 0.05) is 5.92 Å². The van der Waals surface area contributed by atoms with Gasteiger partial charge in [-0.1, -0.05) is 24.8 Å². The zero-order chi connectivity index (χ0) is 26.0. The molecule has 0 spiro atoms. The molecule has 1 fully saturated rings. The minimum atomic E-state index is -4.20. The van der Waals surface area contributed by atoms with Crippen molar-refractivity contribution in [1.29, 1.82) is 0 Å². The average molecular weight is 520 g/mol.